The molecule has 202 valence electrons. The van der Waals surface area contributed by atoms with E-state index in [1.807, 2.05) is 6.92 Å². The van der Waals surface area contributed by atoms with Crippen LogP contribution in [-0.2, 0) is 16.5 Å². The number of azo groups is 1. The molecule has 0 aliphatic heterocycles. The van der Waals surface area contributed by atoms with Gasteiger partial charge in [0.1, 0.15) is 16.3 Å². The van der Waals surface area contributed by atoms with Gasteiger partial charge in [0.25, 0.3) is 16.0 Å². The molecule has 0 radical (unpaired) electrons. The second-order valence-electron chi connectivity index (χ2n) is 8.27. The Morgan fingerprint density at radius 3 is 2.42 bits per heavy atom. The maximum atomic E-state index is 13.4. The molecule has 0 aromatic heterocycles. The minimum absolute atomic E-state index is 0. The van der Waals surface area contributed by atoms with Crippen LogP contribution in [0.4, 0.5) is 17.1 Å². The molecule has 9 nitrogen and oxygen atoms in total. The van der Waals surface area contributed by atoms with E-state index in [9.17, 15) is 22.9 Å². The summed E-state index contributed by atoms with van der Waals surface area (Å²) in [5.41, 5.74) is 0.0447. The summed E-state index contributed by atoms with van der Waals surface area (Å²) in [6.07, 6.45) is 0.406. The second-order valence-corrected chi connectivity index (χ2v) is 10.4. The van der Waals surface area contributed by atoms with Crippen LogP contribution in [0.2, 0.25) is 10.0 Å². The maximum absolute atomic E-state index is 13.4. The number of aryl methyl sites for hydroxylation is 1. The first kappa shape index (κ1) is 31.8. The number of benzene rings is 4. The zero-order valence-corrected chi connectivity index (χ0v) is 26.1. The van der Waals surface area contributed by atoms with Crippen LogP contribution < -0.4 is 44.7 Å². The number of rotatable bonds is 8. The van der Waals surface area contributed by atoms with Gasteiger partial charge in [0, 0.05) is 17.0 Å². The van der Waals surface area contributed by atoms with Crippen molar-refractivity contribution in [3.8, 4) is 11.5 Å². The van der Waals surface area contributed by atoms with Crippen LogP contribution in [-0.4, -0.2) is 25.5 Å². The van der Waals surface area contributed by atoms with Crippen LogP contribution in [0.15, 0.2) is 75.8 Å². The van der Waals surface area contributed by atoms with Crippen molar-refractivity contribution in [2.45, 2.75) is 25.2 Å². The van der Waals surface area contributed by atoms with Crippen molar-refractivity contribution in [1.82, 2.24) is 0 Å². The predicted octanol–water partition coefficient (Wildman–Crippen LogP) is 4.10. The summed E-state index contributed by atoms with van der Waals surface area (Å²) >= 11 is 12.5. The summed E-state index contributed by atoms with van der Waals surface area (Å²) in [5, 5.41) is 25.0. The van der Waals surface area contributed by atoms with Gasteiger partial charge in [-0.2, -0.15) is 13.5 Å². The van der Waals surface area contributed by atoms with Gasteiger partial charge in [-0.3, -0.25) is 9.35 Å². The molecule has 0 fully saturated rings. The Labute approximate surface area is 263 Å². The Hall–Kier alpha value is -2.70. The number of amides is 1. The van der Waals surface area contributed by atoms with E-state index in [0.717, 1.165) is 0 Å². The van der Waals surface area contributed by atoms with Crippen molar-refractivity contribution in [2.24, 2.45) is 10.2 Å². The number of hydrogen-bond acceptors (Lipinski definition) is 7. The van der Waals surface area contributed by atoms with Gasteiger partial charge in [0.15, 0.2) is 0 Å². The summed E-state index contributed by atoms with van der Waals surface area (Å²) in [7, 11) is -4.77. The minimum atomic E-state index is -4.77. The molecule has 0 aliphatic rings. The van der Waals surface area contributed by atoms with Crippen molar-refractivity contribution < 1.29 is 57.2 Å². The average molecular weight is 610 g/mol. The third-order valence-electron chi connectivity index (χ3n) is 5.77. The molecule has 1 amide bonds. The van der Waals surface area contributed by atoms with Crippen LogP contribution in [0.25, 0.3) is 10.8 Å². The van der Waals surface area contributed by atoms with Gasteiger partial charge in [0.2, 0.25) is 0 Å². The molecule has 0 heterocycles. The summed E-state index contributed by atoms with van der Waals surface area (Å²) in [6.45, 7) is 4.03. The van der Waals surface area contributed by atoms with Crippen LogP contribution in [0, 0.1) is 0 Å². The van der Waals surface area contributed by atoms with Crippen molar-refractivity contribution in [3.05, 3.63) is 81.8 Å². The average Bonchev–Trinajstić information content (AvgIpc) is 2.88. The fourth-order valence-corrected chi connectivity index (χ4v) is 5.44. The number of halogens is 2. The molecule has 0 saturated carbocycles. The second kappa shape index (κ2) is 13.3. The van der Waals surface area contributed by atoms with Crippen LogP contribution in [0.3, 0.4) is 0 Å². The molecule has 4 aromatic rings. The standard InChI is InChI=1S/C27H23Cl2N3O6S.Na/c1-3-15-9-11-22(26(23(15)29)39(35,36)37)31-32-24-18-8-6-5-7-16(18)13-19(25(24)33)27(34)30-21-12-10-17(38-4-2)14-20(21)28;/h5-14,33H,3-4H2,1-2H3,(H,30,34)(H,35,36,37);/q;+1/p-1. The molecule has 0 spiro atoms. The Bertz CT molecular complexity index is 1730. The monoisotopic (exact) mass is 609 g/mol. The van der Waals surface area contributed by atoms with Crippen LogP contribution in [0.5, 0.6) is 11.5 Å². The maximum Gasteiger partial charge on any atom is 1.00 e. The number of carbonyl (C=O) groups is 1. The van der Waals surface area contributed by atoms with Gasteiger partial charge in [0.05, 0.1) is 28.0 Å². The van der Waals surface area contributed by atoms with E-state index >= 15 is 0 Å². The van der Waals surface area contributed by atoms with Gasteiger partial charge in [-0.15, -0.1) is 5.11 Å². The van der Waals surface area contributed by atoms with Crippen LogP contribution >= 0.6 is 23.2 Å². The number of nitrogens with zero attached hydrogens (tertiary/aromatic N) is 2. The molecule has 4 aromatic carbocycles. The normalized spacial score (nSPS) is 11.4. The first-order chi connectivity index (χ1) is 18.5. The molecule has 0 unspecified atom stereocenters. The number of carbonyl (C=O) groups excluding carboxylic acids is 1. The first-order valence-electron chi connectivity index (χ1n) is 11.7. The summed E-state index contributed by atoms with van der Waals surface area (Å²) < 4.78 is 39.3. The number of hydrogen-bond donors (Lipinski definition) is 2. The fourth-order valence-electron chi connectivity index (χ4n) is 3.91. The summed E-state index contributed by atoms with van der Waals surface area (Å²) in [4.78, 5) is 12.5. The van der Waals surface area contributed by atoms with Crippen molar-refractivity contribution in [3.63, 3.8) is 0 Å². The Balaban J connectivity index is 0.00000441. The van der Waals surface area contributed by atoms with E-state index < -0.39 is 26.7 Å². The summed E-state index contributed by atoms with van der Waals surface area (Å²) in [5.74, 6) is -0.960. The topological polar surface area (TPSA) is 140 Å². The molecule has 40 heavy (non-hydrogen) atoms. The zero-order valence-electron chi connectivity index (χ0n) is 21.7. The largest absolute Gasteiger partial charge is 1.00 e. The minimum Gasteiger partial charge on any atom is -0.870 e. The number of anilines is 1. The van der Waals surface area contributed by atoms with Crippen molar-refractivity contribution >= 4 is 67.1 Å². The van der Waals surface area contributed by atoms with Crippen molar-refractivity contribution in [1.29, 1.82) is 0 Å². The van der Waals surface area contributed by atoms with Crippen molar-refractivity contribution in [2.75, 3.05) is 11.9 Å². The Kier molecular flexibility index (Phi) is 10.6. The predicted molar refractivity (Wildman–Crippen MR) is 149 cm³/mol. The third kappa shape index (κ3) is 6.77. The van der Waals surface area contributed by atoms with Gasteiger partial charge in [-0.05, 0) is 48.6 Å². The molecule has 0 atom stereocenters. The number of fused-ring (bicyclic) bond motifs is 1. The summed E-state index contributed by atoms with van der Waals surface area (Å²) in [6, 6.07) is 15.7. The SMILES string of the molecule is CCOc1ccc(NC(=O)c2cc3ccccc3c(N=Nc3ccc(CC)c(Cl)c3S(=O)(=O)O)c2[O-])c(Cl)c1.[Na+]. The number of ether oxygens (including phenoxy) is 1. The van der Waals surface area contributed by atoms with E-state index in [1.165, 1.54) is 12.1 Å². The Morgan fingerprint density at radius 2 is 1.77 bits per heavy atom. The quantitative estimate of drug-likeness (QED) is 0.175. The molecule has 0 saturated heterocycles. The molecule has 0 bridgehead atoms. The Morgan fingerprint density at radius 1 is 1.05 bits per heavy atom. The molecule has 2 N–H and O–H groups in total. The van der Waals surface area contributed by atoms with Gasteiger partial charge in [-0.1, -0.05) is 66.2 Å². The van der Waals surface area contributed by atoms with E-state index in [0.29, 0.717) is 35.1 Å². The molecular weight excluding hydrogens is 588 g/mol. The van der Waals surface area contributed by atoms with E-state index in [4.69, 9.17) is 27.9 Å². The van der Waals surface area contributed by atoms with Gasteiger partial charge < -0.3 is 15.2 Å². The molecule has 4 rings (SSSR count). The van der Waals surface area contributed by atoms with E-state index in [2.05, 4.69) is 15.5 Å². The van der Waals surface area contributed by atoms with Crippen LogP contribution in [0.1, 0.15) is 29.8 Å². The molecule has 13 heteroatoms. The first-order valence-corrected chi connectivity index (χ1v) is 13.9. The molecule has 0 aliphatic carbocycles. The zero-order chi connectivity index (χ0) is 28.3. The fraction of sp³-hybridized carbons (Fsp3) is 0.148. The smallest absolute Gasteiger partial charge is 0.870 e. The van der Waals surface area contributed by atoms with Gasteiger partial charge in [-0.25, -0.2) is 0 Å². The van der Waals surface area contributed by atoms with Gasteiger partial charge >= 0.3 is 29.6 Å². The number of nitrogens with one attached hydrogen (secondary N) is 1. The molecular formula is C27H22Cl2N3NaO6S. The van der Waals surface area contributed by atoms with E-state index in [-0.39, 0.29) is 62.2 Å². The third-order valence-corrected chi connectivity index (χ3v) is 7.56. The van der Waals surface area contributed by atoms with E-state index in [1.54, 1.807) is 55.5 Å².